The van der Waals surface area contributed by atoms with Crippen molar-refractivity contribution in [1.29, 1.82) is 0 Å². The van der Waals surface area contributed by atoms with Gasteiger partial charge >= 0.3 is 0 Å². The maximum Gasteiger partial charge on any atom is 0.265 e. The van der Waals surface area contributed by atoms with Crippen LogP contribution < -0.4 is 14.8 Å². The molecule has 2 atom stereocenters. The molecule has 1 aliphatic heterocycles. The van der Waals surface area contributed by atoms with Crippen LogP contribution in [0.2, 0.25) is 0 Å². The van der Waals surface area contributed by atoms with Crippen molar-refractivity contribution in [2.24, 2.45) is 0 Å². The number of amides is 1. The molecule has 0 bridgehead atoms. The maximum atomic E-state index is 12.1. The number of rotatable bonds is 2. The van der Waals surface area contributed by atoms with E-state index in [2.05, 4.69) is 5.32 Å². The highest BCUT2D eigenvalue weighted by atomic mass is 16.6. The van der Waals surface area contributed by atoms with Crippen LogP contribution in [-0.2, 0) is 4.79 Å². The summed E-state index contributed by atoms with van der Waals surface area (Å²) in [5.74, 6) is 1.08. The SMILES string of the molecule is CC1Oc2ccccc2OC1C(=O)NC1CC(O)C1. The number of carbonyl (C=O) groups is 1. The third kappa shape index (κ3) is 2.38. The van der Waals surface area contributed by atoms with Crippen molar-refractivity contribution in [3.05, 3.63) is 24.3 Å². The first-order valence-corrected chi connectivity index (χ1v) is 6.54. The fraction of sp³-hybridized carbons (Fsp3) is 0.500. The van der Waals surface area contributed by atoms with E-state index < -0.39 is 6.10 Å². The molecule has 0 aromatic heterocycles. The van der Waals surface area contributed by atoms with Crippen LogP contribution in [0.5, 0.6) is 11.5 Å². The summed E-state index contributed by atoms with van der Waals surface area (Å²) in [6.45, 7) is 1.82. The lowest BCUT2D eigenvalue weighted by molar-refractivity contribution is -0.135. The van der Waals surface area contributed by atoms with Crippen LogP contribution in [0.4, 0.5) is 0 Å². The van der Waals surface area contributed by atoms with Gasteiger partial charge in [0.2, 0.25) is 6.10 Å². The Morgan fingerprint density at radius 3 is 2.53 bits per heavy atom. The molecule has 2 N–H and O–H groups in total. The second kappa shape index (κ2) is 4.74. The average Bonchev–Trinajstić information content (AvgIpc) is 2.36. The lowest BCUT2D eigenvalue weighted by Gasteiger charge is -2.35. The van der Waals surface area contributed by atoms with Gasteiger partial charge in [0.25, 0.3) is 5.91 Å². The molecule has 5 nitrogen and oxygen atoms in total. The zero-order valence-electron chi connectivity index (χ0n) is 10.7. The molecule has 1 saturated carbocycles. The number of fused-ring (bicyclic) bond motifs is 1. The number of ether oxygens (including phenoxy) is 2. The lowest BCUT2D eigenvalue weighted by atomic mass is 9.89. The molecule has 1 fully saturated rings. The monoisotopic (exact) mass is 263 g/mol. The molecule has 3 rings (SSSR count). The van der Waals surface area contributed by atoms with Gasteiger partial charge in [-0.25, -0.2) is 0 Å². The fourth-order valence-corrected chi connectivity index (χ4v) is 2.40. The molecular formula is C14H17NO4. The van der Waals surface area contributed by atoms with Crippen molar-refractivity contribution >= 4 is 5.91 Å². The standard InChI is InChI=1S/C14H17NO4/c1-8-13(14(17)15-9-6-10(16)7-9)19-12-5-3-2-4-11(12)18-8/h2-5,8-10,13,16H,6-7H2,1H3,(H,15,17). The summed E-state index contributed by atoms with van der Waals surface area (Å²) in [6, 6.07) is 7.37. The van der Waals surface area contributed by atoms with E-state index in [0.29, 0.717) is 24.3 Å². The molecule has 1 amide bonds. The molecule has 0 saturated heterocycles. The molecule has 102 valence electrons. The van der Waals surface area contributed by atoms with Crippen LogP contribution in [-0.4, -0.2) is 35.4 Å². The van der Waals surface area contributed by atoms with Crippen LogP contribution in [0.1, 0.15) is 19.8 Å². The molecular weight excluding hydrogens is 246 g/mol. The minimum absolute atomic E-state index is 0.0514. The molecule has 0 radical (unpaired) electrons. The summed E-state index contributed by atoms with van der Waals surface area (Å²) < 4.78 is 11.4. The highest BCUT2D eigenvalue weighted by Gasteiger charge is 2.37. The fourth-order valence-electron chi connectivity index (χ4n) is 2.40. The van der Waals surface area contributed by atoms with Crippen LogP contribution in [0.15, 0.2) is 24.3 Å². The summed E-state index contributed by atoms with van der Waals surface area (Å²) in [7, 11) is 0. The summed E-state index contributed by atoms with van der Waals surface area (Å²) in [5.41, 5.74) is 0. The largest absolute Gasteiger partial charge is 0.482 e. The number of aliphatic hydroxyl groups excluding tert-OH is 1. The number of aliphatic hydroxyl groups is 1. The van der Waals surface area contributed by atoms with Crippen molar-refractivity contribution < 1.29 is 19.4 Å². The van der Waals surface area contributed by atoms with E-state index in [1.807, 2.05) is 25.1 Å². The first-order chi connectivity index (χ1) is 9.13. The quantitative estimate of drug-likeness (QED) is 0.830. The number of carbonyl (C=O) groups excluding carboxylic acids is 1. The van der Waals surface area contributed by atoms with Gasteiger partial charge < -0.3 is 19.9 Å². The van der Waals surface area contributed by atoms with Crippen LogP contribution >= 0.6 is 0 Å². The number of hydrogen-bond donors (Lipinski definition) is 2. The molecule has 19 heavy (non-hydrogen) atoms. The topological polar surface area (TPSA) is 67.8 Å². The van der Waals surface area contributed by atoms with E-state index >= 15 is 0 Å². The maximum absolute atomic E-state index is 12.1. The van der Waals surface area contributed by atoms with Crippen molar-refractivity contribution in [1.82, 2.24) is 5.32 Å². The summed E-state index contributed by atoms with van der Waals surface area (Å²) in [5, 5.41) is 12.1. The van der Waals surface area contributed by atoms with E-state index in [0.717, 1.165) is 0 Å². The first kappa shape index (κ1) is 12.3. The van der Waals surface area contributed by atoms with E-state index in [1.165, 1.54) is 0 Å². The number of benzene rings is 1. The van der Waals surface area contributed by atoms with Crippen molar-refractivity contribution in [2.45, 2.75) is 44.1 Å². The van der Waals surface area contributed by atoms with Gasteiger partial charge in [-0.3, -0.25) is 4.79 Å². The Balaban J connectivity index is 1.66. The summed E-state index contributed by atoms with van der Waals surface area (Å²) in [4.78, 5) is 12.1. The third-order valence-corrected chi connectivity index (χ3v) is 3.56. The van der Waals surface area contributed by atoms with Gasteiger partial charge in [-0.1, -0.05) is 12.1 Å². The normalized spacial score (nSPS) is 32.3. The van der Waals surface area contributed by atoms with Gasteiger partial charge in [-0.2, -0.15) is 0 Å². The van der Waals surface area contributed by atoms with E-state index in [1.54, 1.807) is 6.07 Å². The predicted molar refractivity (Wildman–Crippen MR) is 68.1 cm³/mol. The van der Waals surface area contributed by atoms with Crippen molar-refractivity contribution in [3.63, 3.8) is 0 Å². The zero-order valence-corrected chi connectivity index (χ0v) is 10.7. The van der Waals surface area contributed by atoms with Crippen molar-refractivity contribution in [2.75, 3.05) is 0 Å². The Labute approximate surface area is 111 Å². The Morgan fingerprint density at radius 2 is 1.89 bits per heavy atom. The van der Waals surface area contributed by atoms with Crippen LogP contribution in [0, 0.1) is 0 Å². The summed E-state index contributed by atoms with van der Waals surface area (Å²) >= 11 is 0. The molecule has 1 aliphatic carbocycles. The minimum atomic E-state index is -0.646. The zero-order chi connectivity index (χ0) is 13.4. The predicted octanol–water partition coefficient (Wildman–Crippen LogP) is 0.854. The summed E-state index contributed by atoms with van der Waals surface area (Å²) in [6.07, 6.45) is -0.0336. The second-order valence-electron chi connectivity index (χ2n) is 5.14. The Bertz CT molecular complexity index is 484. The van der Waals surface area contributed by atoms with Gasteiger partial charge in [0, 0.05) is 6.04 Å². The Hall–Kier alpha value is -1.75. The van der Waals surface area contributed by atoms with Crippen LogP contribution in [0.3, 0.4) is 0 Å². The number of nitrogens with one attached hydrogen (secondary N) is 1. The molecule has 1 aromatic rings. The Kier molecular flexibility index (Phi) is 3.06. The lowest BCUT2D eigenvalue weighted by Crippen LogP contribution is -2.55. The minimum Gasteiger partial charge on any atom is -0.482 e. The smallest absolute Gasteiger partial charge is 0.265 e. The van der Waals surface area contributed by atoms with Crippen LogP contribution in [0.25, 0.3) is 0 Å². The average molecular weight is 263 g/mol. The third-order valence-electron chi connectivity index (χ3n) is 3.56. The second-order valence-corrected chi connectivity index (χ2v) is 5.14. The molecule has 1 aromatic carbocycles. The molecule has 1 heterocycles. The molecule has 2 aliphatic rings. The van der Waals surface area contributed by atoms with Crippen molar-refractivity contribution in [3.8, 4) is 11.5 Å². The van der Waals surface area contributed by atoms with E-state index in [-0.39, 0.29) is 24.2 Å². The Morgan fingerprint density at radius 1 is 1.26 bits per heavy atom. The molecule has 0 spiro atoms. The van der Waals surface area contributed by atoms with Gasteiger partial charge in [0.15, 0.2) is 11.5 Å². The van der Waals surface area contributed by atoms with Gasteiger partial charge in [-0.15, -0.1) is 0 Å². The van der Waals surface area contributed by atoms with Gasteiger partial charge in [0.1, 0.15) is 6.10 Å². The first-order valence-electron chi connectivity index (χ1n) is 6.54. The number of hydrogen-bond acceptors (Lipinski definition) is 4. The highest BCUT2D eigenvalue weighted by molar-refractivity contribution is 5.82. The van der Waals surface area contributed by atoms with E-state index in [4.69, 9.17) is 9.47 Å². The molecule has 5 heteroatoms. The van der Waals surface area contributed by atoms with E-state index in [9.17, 15) is 9.90 Å². The van der Waals surface area contributed by atoms with Gasteiger partial charge in [0.05, 0.1) is 6.10 Å². The van der Waals surface area contributed by atoms with Gasteiger partial charge in [-0.05, 0) is 31.9 Å². The highest BCUT2D eigenvalue weighted by Crippen LogP contribution is 2.33. The number of para-hydroxylation sites is 2. The molecule has 2 unspecified atom stereocenters.